The van der Waals surface area contributed by atoms with E-state index in [9.17, 15) is 4.79 Å². The van der Waals surface area contributed by atoms with Crippen molar-refractivity contribution in [1.29, 1.82) is 0 Å². The third-order valence-corrected chi connectivity index (χ3v) is 3.35. The van der Waals surface area contributed by atoms with Gasteiger partial charge in [0.15, 0.2) is 0 Å². The number of hydrogen-bond donors (Lipinski definition) is 2. The van der Waals surface area contributed by atoms with Crippen LogP contribution in [-0.4, -0.2) is 16.4 Å². The van der Waals surface area contributed by atoms with E-state index in [2.05, 4.69) is 53.7 Å². The Hall–Kier alpha value is -2.36. The van der Waals surface area contributed by atoms with E-state index in [1.54, 1.807) is 12.3 Å². The molecule has 1 aromatic heterocycles. The molecule has 2 rings (SSSR count). The smallest absolute Gasteiger partial charge is 0.270 e. The zero-order valence-electron chi connectivity index (χ0n) is 14.5. The molecule has 0 atom stereocenters. The van der Waals surface area contributed by atoms with E-state index in [1.807, 2.05) is 26.8 Å². The van der Waals surface area contributed by atoms with Gasteiger partial charge in [0.2, 0.25) is 0 Å². The highest BCUT2D eigenvalue weighted by atomic mass is 16.2. The van der Waals surface area contributed by atoms with Crippen LogP contribution in [-0.2, 0) is 0 Å². The Kier molecular flexibility index (Phi) is 5.04. The number of hydrogen-bond acceptors (Lipinski definition) is 3. The molecule has 0 bridgehead atoms. The Morgan fingerprint density at radius 1 is 1.00 bits per heavy atom. The number of rotatable bonds is 4. The minimum atomic E-state index is -0.270. The van der Waals surface area contributed by atoms with Gasteiger partial charge in [0.05, 0.1) is 11.9 Å². The molecule has 1 aromatic carbocycles. The predicted octanol–water partition coefficient (Wildman–Crippen LogP) is 4.48. The first-order valence-electron chi connectivity index (χ1n) is 7.90. The summed E-state index contributed by atoms with van der Waals surface area (Å²) in [6.45, 7) is 10.2. The van der Waals surface area contributed by atoms with Gasteiger partial charge in [-0.05, 0) is 56.5 Å². The summed E-state index contributed by atoms with van der Waals surface area (Å²) < 4.78 is 0. The second-order valence-electron chi connectivity index (χ2n) is 7.04. The van der Waals surface area contributed by atoms with Gasteiger partial charge in [-0.2, -0.15) is 0 Å². The number of carbonyl (C=O) groups is 1. The van der Waals surface area contributed by atoms with E-state index in [4.69, 9.17) is 0 Å². The Morgan fingerprint density at radius 2 is 1.61 bits per heavy atom. The Morgan fingerprint density at radius 3 is 2.09 bits per heavy atom. The zero-order chi connectivity index (χ0) is 17.0. The Balaban J connectivity index is 2.03. The molecular weight excluding hydrogens is 286 g/mol. The summed E-state index contributed by atoms with van der Waals surface area (Å²) in [6.07, 6.45) is 1.67. The molecule has 0 aliphatic rings. The molecule has 0 unspecified atom stereocenters. The fourth-order valence-corrected chi connectivity index (χ4v) is 2.12. The van der Waals surface area contributed by atoms with Crippen LogP contribution in [0, 0.1) is 0 Å². The molecule has 0 aliphatic heterocycles. The summed E-state index contributed by atoms with van der Waals surface area (Å²) >= 11 is 0. The lowest BCUT2D eigenvalue weighted by Crippen LogP contribution is -2.40. The third kappa shape index (κ3) is 5.09. The van der Waals surface area contributed by atoms with Crippen molar-refractivity contribution in [3.8, 4) is 0 Å². The average Bonchev–Trinajstić information content (AvgIpc) is 2.46. The summed E-state index contributed by atoms with van der Waals surface area (Å²) in [5.74, 6) is 0.358. The van der Waals surface area contributed by atoms with Crippen molar-refractivity contribution in [3.63, 3.8) is 0 Å². The van der Waals surface area contributed by atoms with Crippen LogP contribution in [0.2, 0.25) is 0 Å². The van der Waals surface area contributed by atoms with Crippen LogP contribution in [0.25, 0.3) is 0 Å². The molecule has 0 saturated heterocycles. The SMILES string of the molecule is CC(C)c1ccc(Nc2ccc(C(=O)NC(C)(C)C)nc2)cc1. The van der Waals surface area contributed by atoms with Gasteiger partial charge >= 0.3 is 0 Å². The van der Waals surface area contributed by atoms with Crippen LogP contribution in [0.15, 0.2) is 42.6 Å². The van der Waals surface area contributed by atoms with Crippen molar-refractivity contribution >= 4 is 17.3 Å². The normalized spacial score (nSPS) is 11.4. The Labute approximate surface area is 138 Å². The van der Waals surface area contributed by atoms with Crippen molar-refractivity contribution in [1.82, 2.24) is 10.3 Å². The van der Waals surface area contributed by atoms with Gasteiger partial charge < -0.3 is 10.6 Å². The number of anilines is 2. The maximum absolute atomic E-state index is 12.0. The second-order valence-corrected chi connectivity index (χ2v) is 7.04. The molecule has 2 aromatic rings. The van der Waals surface area contributed by atoms with Crippen LogP contribution in [0.5, 0.6) is 0 Å². The van der Waals surface area contributed by atoms with E-state index in [0.717, 1.165) is 11.4 Å². The molecule has 0 saturated carbocycles. The summed E-state index contributed by atoms with van der Waals surface area (Å²) in [7, 11) is 0. The van der Waals surface area contributed by atoms with E-state index in [1.165, 1.54) is 5.56 Å². The molecule has 2 N–H and O–H groups in total. The van der Waals surface area contributed by atoms with E-state index in [-0.39, 0.29) is 11.4 Å². The quantitative estimate of drug-likeness (QED) is 0.875. The van der Waals surface area contributed by atoms with Crippen molar-refractivity contribution in [3.05, 3.63) is 53.9 Å². The van der Waals surface area contributed by atoms with Gasteiger partial charge in [-0.1, -0.05) is 26.0 Å². The summed E-state index contributed by atoms with van der Waals surface area (Å²) in [6, 6.07) is 11.9. The lowest BCUT2D eigenvalue weighted by molar-refractivity contribution is 0.0914. The monoisotopic (exact) mass is 311 g/mol. The molecule has 0 fully saturated rings. The van der Waals surface area contributed by atoms with Gasteiger partial charge in [0, 0.05) is 11.2 Å². The van der Waals surface area contributed by atoms with Crippen LogP contribution in [0.3, 0.4) is 0 Å². The molecule has 122 valence electrons. The molecular formula is C19H25N3O. The molecule has 4 heteroatoms. The van der Waals surface area contributed by atoms with Gasteiger partial charge in [-0.3, -0.25) is 4.79 Å². The highest BCUT2D eigenvalue weighted by Crippen LogP contribution is 2.20. The van der Waals surface area contributed by atoms with Crippen molar-refractivity contribution in [2.45, 2.75) is 46.1 Å². The number of pyridine rings is 1. The highest BCUT2D eigenvalue weighted by molar-refractivity contribution is 5.92. The first-order chi connectivity index (χ1) is 10.7. The molecule has 0 radical (unpaired) electrons. The molecule has 23 heavy (non-hydrogen) atoms. The number of nitrogens with zero attached hydrogens (tertiary/aromatic N) is 1. The van der Waals surface area contributed by atoms with E-state index >= 15 is 0 Å². The summed E-state index contributed by atoms with van der Waals surface area (Å²) in [5.41, 5.74) is 3.31. The summed E-state index contributed by atoms with van der Waals surface area (Å²) in [4.78, 5) is 16.3. The fraction of sp³-hybridized carbons (Fsp3) is 0.368. The molecule has 0 aliphatic carbocycles. The number of amides is 1. The van der Waals surface area contributed by atoms with E-state index in [0.29, 0.717) is 11.6 Å². The third-order valence-electron chi connectivity index (χ3n) is 3.35. The number of benzene rings is 1. The minimum Gasteiger partial charge on any atom is -0.354 e. The molecule has 1 amide bonds. The lowest BCUT2D eigenvalue weighted by Gasteiger charge is -2.20. The van der Waals surface area contributed by atoms with Crippen LogP contribution < -0.4 is 10.6 Å². The molecule has 4 nitrogen and oxygen atoms in total. The largest absolute Gasteiger partial charge is 0.354 e. The average molecular weight is 311 g/mol. The van der Waals surface area contributed by atoms with Gasteiger partial charge in [0.25, 0.3) is 5.91 Å². The van der Waals surface area contributed by atoms with Gasteiger partial charge in [-0.15, -0.1) is 0 Å². The maximum Gasteiger partial charge on any atom is 0.270 e. The van der Waals surface area contributed by atoms with Crippen molar-refractivity contribution < 1.29 is 4.79 Å². The molecule has 1 heterocycles. The van der Waals surface area contributed by atoms with Crippen molar-refractivity contribution in [2.75, 3.05) is 5.32 Å². The van der Waals surface area contributed by atoms with Crippen LogP contribution in [0.1, 0.15) is 56.6 Å². The second kappa shape index (κ2) is 6.82. The lowest BCUT2D eigenvalue weighted by atomic mass is 10.0. The maximum atomic E-state index is 12.0. The molecule has 0 spiro atoms. The van der Waals surface area contributed by atoms with Gasteiger partial charge in [0.1, 0.15) is 5.69 Å². The van der Waals surface area contributed by atoms with Crippen LogP contribution >= 0.6 is 0 Å². The number of carbonyl (C=O) groups excluding carboxylic acids is 1. The first kappa shape index (κ1) is 17.0. The first-order valence-corrected chi connectivity index (χ1v) is 7.90. The topological polar surface area (TPSA) is 54.0 Å². The van der Waals surface area contributed by atoms with Crippen molar-refractivity contribution in [2.24, 2.45) is 0 Å². The highest BCUT2D eigenvalue weighted by Gasteiger charge is 2.15. The fourth-order valence-electron chi connectivity index (χ4n) is 2.12. The summed E-state index contributed by atoms with van der Waals surface area (Å²) in [5, 5.41) is 6.19. The standard InChI is InChI=1S/C19H25N3O/c1-13(2)14-6-8-15(9-7-14)21-16-10-11-17(20-12-16)18(23)22-19(3,4)5/h6-13,21H,1-5H3,(H,22,23). The van der Waals surface area contributed by atoms with Crippen LogP contribution in [0.4, 0.5) is 11.4 Å². The Bertz CT molecular complexity index is 653. The number of aromatic nitrogens is 1. The number of nitrogens with one attached hydrogen (secondary N) is 2. The minimum absolute atomic E-state index is 0.162. The van der Waals surface area contributed by atoms with Gasteiger partial charge in [-0.25, -0.2) is 4.98 Å². The van der Waals surface area contributed by atoms with E-state index < -0.39 is 0 Å². The predicted molar refractivity (Wildman–Crippen MR) is 95.3 cm³/mol. The zero-order valence-corrected chi connectivity index (χ0v) is 14.5.